The molecule has 0 aliphatic heterocycles. The maximum Gasteiger partial charge on any atom is 0.320 e. The first-order valence-electron chi connectivity index (χ1n) is 5.58. The van der Waals surface area contributed by atoms with Crippen LogP contribution < -0.4 is 16.8 Å². The van der Waals surface area contributed by atoms with E-state index in [1.807, 2.05) is 0 Å². The van der Waals surface area contributed by atoms with E-state index in [1.54, 1.807) is 0 Å². The molecule has 1 unspecified atom stereocenters. The van der Waals surface area contributed by atoms with Crippen LogP contribution in [-0.2, 0) is 16.0 Å². The third kappa shape index (κ3) is 4.57. The van der Waals surface area contributed by atoms with Gasteiger partial charge in [-0.1, -0.05) is 0 Å². The number of imidazole rings is 1. The number of hydrogen-bond donors (Lipinski definition) is 5. The van der Waals surface area contributed by atoms with Crippen molar-refractivity contribution in [1.82, 2.24) is 14.9 Å². The number of nitrogens with one attached hydrogen (secondary N) is 1. The van der Waals surface area contributed by atoms with E-state index in [2.05, 4.69) is 10.3 Å². The molecule has 110 valence electrons. The van der Waals surface area contributed by atoms with Gasteiger partial charge in [-0.3, -0.25) is 9.59 Å². The molecular weight excluding hydrogens is 270 g/mol. The number of carboxylic acids is 2. The molecule has 20 heavy (non-hydrogen) atoms. The second-order valence-electron chi connectivity index (χ2n) is 4.08. The number of urea groups is 1. The van der Waals surface area contributed by atoms with E-state index < -0.39 is 36.6 Å². The molecule has 2 atom stereocenters. The first kappa shape index (κ1) is 15.4. The molecule has 1 heterocycles. The molecule has 10 heteroatoms. The van der Waals surface area contributed by atoms with Gasteiger partial charge in [0.2, 0.25) is 0 Å². The number of nitrogens with two attached hydrogens (primary N) is 2. The lowest BCUT2D eigenvalue weighted by molar-refractivity contribution is -0.139. The molecule has 0 bridgehead atoms. The fourth-order valence-electron chi connectivity index (χ4n) is 1.53. The molecule has 0 saturated carbocycles. The summed E-state index contributed by atoms with van der Waals surface area (Å²) in [5.74, 6) is -2.31. The SMILES string of the molecule is NC(=O)NC(CC(=O)O)n1cnc(C[C@H](N)C(=O)O)c1. The number of nitrogens with zero attached hydrogens (tertiary/aromatic N) is 2. The summed E-state index contributed by atoms with van der Waals surface area (Å²) >= 11 is 0. The number of rotatable bonds is 7. The van der Waals surface area contributed by atoms with Gasteiger partial charge in [-0.05, 0) is 0 Å². The van der Waals surface area contributed by atoms with Crippen molar-refractivity contribution in [1.29, 1.82) is 0 Å². The molecular formula is C10H15N5O5. The van der Waals surface area contributed by atoms with Crippen LogP contribution in [0.3, 0.4) is 0 Å². The Morgan fingerprint density at radius 1 is 1.40 bits per heavy atom. The minimum Gasteiger partial charge on any atom is -0.481 e. The van der Waals surface area contributed by atoms with Gasteiger partial charge in [-0.25, -0.2) is 9.78 Å². The Bertz CT molecular complexity index is 498. The van der Waals surface area contributed by atoms with E-state index in [1.165, 1.54) is 17.1 Å². The van der Waals surface area contributed by atoms with Crippen molar-refractivity contribution >= 4 is 18.0 Å². The molecule has 1 aromatic heterocycles. The second kappa shape index (κ2) is 6.52. The minimum atomic E-state index is -1.17. The Morgan fingerprint density at radius 3 is 2.55 bits per heavy atom. The fraction of sp³-hybridized carbons (Fsp3) is 0.400. The standard InChI is InChI=1S/C10H15N5O5/c11-6(9(18)19)1-5-3-15(4-13-5)7(2-8(16)17)14-10(12)20/h3-4,6-7H,1-2,11H2,(H,16,17)(H,18,19)(H3,12,14,20)/t6-,7?/m0/s1. The zero-order chi connectivity index (χ0) is 15.3. The van der Waals surface area contributed by atoms with Crippen LogP contribution in [0.4, 0.5) is 4.79 Å². The summed E-state index contributed by atoms with van der Waals surface area (Å²) in [6.07, 6.45) is 1.36. The van der Waals surface area contributed by atoms with Crippen molar-refractivity contribution < 1.29 is 24.6 Å². The summed E-state index contributed by atoms with van der Waals surface area (Å²) in [5, 5.41) is 19.7. The van der Waals surface area contributed by atoms with E-state index in [0.29, 0.717) is 5.69 Å². The minimum absolute atomic E-state index is 0.0152. The molecule has 0 fully saturated rings. The van der Waals surface area contributed by atoms with E-state index in [-0.39, 0.29) is 6.42 Å². The highest BCUT2D eigenvalue weighted by Crippen LogP contribution is 2.10. The van der Waals surface area contributed by atoms with Crippen molar-refractivity contribution in [3.8, 4) is 0 Å². The highest BCUT2D eigenvalue weighted by atomic mass is 16.4. The monoisotopic (exact) mass is 285 g/mol. The third-order valence-corrected chi connectivity index (χ3v) is 2.44. The predicted molar refractivity (Wildman–Crippen MR) is 65.6 cm³/mol. The van der Waals surface area contributed by atoms with E-state index >= 15 is 0 Å². The van der Waals surface area contributed by atoms with Crippen molar-refractivity contribution in [2.75, 3.05) is 0 Å². The molecule has 0 aromatic carbocycles. The molecule has 1 rings (SSSR count). The Morgan fingerprint density at radius 2 is 2.05 bits per heavy atom. The van der Waals surface area contributed by atoms with Crippen LogP contribution in [0.2, 0.25) is 0 Å². The molecule has 0 radical (unpaired) electrons. The number of carbonyl (C=O) groups excluding carboxylic acids is 1. The third-order valence-electron chi connectivity index (χ3n) is 2.44. The molecule has 0 aliphatic rings. The van der Waals surface area contributed by atoms with Crippen molar-refractivity contribution in [2.24, 2.45) is 11.5 Å². The van der Waals surface area contributed by atoms with Crippen LogP contribution in [-0.4, -0.2) is 43.8 Å². The predicted octanol–water partition coefficient (Wildman–Crippen LogP) is -1.52. The number of hydrogen-bond acceptors (Lipinski definition) is 5. The van der Waals surface area contributed by atoms with Gasteiger partial charge in [0.25, 0.3) is 0 Å². The first-order valence-corrected chi connectivity index (χ1v) is 5.58. The van der Waals surface area contributed by atoms with Crippen LogP contribution >= 0.6 is 0 Å². The van der Waals surface area contributed by atoms with Gasteiger partial charge < -0.3 is 31.6 Å². The quantitative estimate of drug-likeness (QED) is 0.404. The summed E-state index contributed by atoms with van der Waals surface area (Å²) < 4.78 is 1.32. The van der Waals surface area contributed by atoms with Gasteiger partial charge >= 0.3 is 18.0 Å². The molecule has 0 saturated heterocycles. The van der Waals surface area contributed by atoms with E-state index in [0.717, 1.165) is 0 Å². The van der Waals surface area contributed by atoms with Crippen molar-refractivity contribution in [2.45, 2.75) is 25.0 Å². The normalized spacial score (nSPS) is 13.4. The lowest BCUT2D eigenvalue weighted by Gasteiger charge is -2.16. The number of aliphatic carboxylic acids is 2. The topological polar surface area (TPSA) is 174 Å². The second-order valence-corrected chi connectivity index (χ2v) is 4.08. The average molecular weight is 285 g/mol. The Kier molecular flexibility index (Phi) is 5.03. The van der Waals surface area contributed by atoms with Crippen molar-refractivity contribution in [3.63, 3.8) is 0 Å². The Hall–Kier alpha value is -2.62. The zero-order valence-corrected chi connectivity index (χ0v) is 10.4. The summed E-state index contributed by atoms with van der Waals surface area (Å²) in [5.41, 5.74) is 10.7. The smallest absolute Gasteiger partial charge is 0.320 e. The summed E-state index contributed by atoms with van der Waals surface area (Å²) in [4.78, 5) is 36.1. The highest BCUT2D eigenvalue weighted by molar-refractivity contribution is 5.74. The Balaban J connectivity index is 2.82. The number of carboxylic acid groups (broad SMARTS) is 2. The van der Waals surface area contributed by atoms with Crippen LogP contribution in [0.5, 0.6) is 0 Å². The van der Waals surface area contributed by atoms with Gasteiger partial charge in [-0.2, -0.15) is 0 Å². The van der Waals surface area contributed by atoms with Crippen molar-refractivity contribution in [3.05, 3.63) is 18.2 Å². The molecule has 10 nitrogen and oxygen atoms in total. The van der Waals surface area contributed by atoms with Gasteiger partial charge in [0.15, 0.2) is 0 Å². The maximum atomic E-state index is 10.8. The summed E-state index contributed by atoms with van der Waals surface area (Å²) in [7, 11) is 0. The van der Waals surface area contributed by atoms with Crippen LogP contribution in [0.25, 0.3) is 0 Å². The van der Waals surface area contributed by atoms with Crippen LogP contribution in [0, 0.1) is 0 Å². The number of carbonyl (C=O) groups is 3. The molecule has 0 aliphatic carbocycles. The molecule has 2 amide bonds. The first-order chi connectivity index (χ1) is 9.29. The van der Waals surface area contributed by atoms with Gasteiger partial charge in [-0.15, -0.1) is 0 Å². The number of amides is 2. The lowest BCUT2D eigenvalue weighted by Crippen LogP contribution is -2.37. The molecule has 7 N–H and O–H groups in total. The number of primary amides is 1. The lowest BCUT2D eigenvalue weighted by atomic mass is 10.2. The molecule has 0 spiro atoms. The van der Waals surface area contributed by atoms with Gasteiger partial charge in [0.1, 0.15) is 12.2 Å². The van der Waals surface area contributed by atoms with Crippen LogP contribution in [0.1, 0.15) is 18.3 Å². The van der Waals surface area contributed by atoms with Gasteiger partial charge in [0.05, 0.1) is 18.4 Å². The zero-order valence-electron chi connectivity index (χ0n) is 10.4. The largest absolute Gasteiger partial charge is 0.481 e. The Labute approximate surface area is 113 Å². The van der Waals surface area contributed by atoms with Gasteiger partial charge in [0, 0.05) is 12.6 Å². The van der Waals surface area contributed by atoms with Crippen LogP contribution in [0.15, 0.2) is 12.5 Å². The molecule has 1 aromatic rings. The van der Waals surface area contributed by atoms with E-state index in [9.17, 15) is 14.4 Å². The maximum absolute atomic E-state index is 10.8. The highest BCUT2D eigenvalue weighted by Gasteiger charge is 2.19. The number of aromatic nitrogens is 2. The van der Waals surface area contributed by atoms with E-state index in [4.69, 9.17) is 21.7 Å². The summed E-state index contributed by atoms with van der Waals surface area (Å²) in [6, 6.07) is -1.99. The fourth-order valence-corrected chi connectivity index (χ4v) is 1.53. The average Bonchev–Trinajstić information content (AvgIpc) is 2.75. The summed E-state index contributed by atoms with van der Waals surface area (Å²) in [6.45, 7) is 0.